The number of carbonyl (C=O) groups excluding carboxylic acids is 1. The zero-order chi connectivity index (χ0) is 12.9. The van der Waals surface area contributed by atoms with Crippen molar-refractivity contribution in [1.29, 1.82) is 0 Å². The lowest BCUT2D eigenvalue weighted by molar-refractivity contribution is -0.139. The minimum absolute atomic E-state index is 0.0403. The van der Waals surface area contributed by atoms with E-state index in [2.05, 4.69) is 5.32 Å². The Morgan fingerprint density at radius 3 is 2.35 bits per heavy atom. The molecule has 17 heavy (non-hydrogen) atoms. The Morgan fingerprint density at radius 2 is 1.88 bits per heavy atom. The largest absolute Gasteiger partial charge is 0.406 e. The number of alkyl halides is 3. The van der Waals surface area contributed by atoms with Crippen molar-refractivity contribution in [3.8, 4) is 0 Å². The molecule has 3 nitrogen and oxygen atoms in total. The van der Waals surface area contributed by atoms with Gasteiger partial charge in [0.2, 0.25) is 0 Å². The average Bonchev–Trinajstić information content (AvgIpc) is 2.26. The molecular formula is C11H19F3N2O. The molecule has 0 heterocycles. The van der Waals surface area contributed by atoms with Gasteiger partial charge in [-0.1, -0.05) is 19.3 Å². The van der Waals surface area contributed by atoms with E-state index in [1.807, 2.05) is 0 Å². The Labute approximate surface area is 99.4 Å². The van der Waals surface area contributed by atoms with Gasteiger partial charge in [-0.25, -0.2) is 4.79 Å². The number of hydrogen-bond donors (Lipinski definition) is 1. The molecule has 0 radical (unpaired) electrons. The normalized spacial score (nSPS) is 17.9. The van der Waals surface area contributed by atoms with Crippen molar-refractivity contribution in [3.05, 3.63) is 0 Å². The van der Waals surface area contributed by atoms with Crippen LogP contribution in [0.25, 0.3) is 0 Å². The smallest absolute Gasteiger partial charge is 0.335 e. The quantitative estimate of drug-likeness (QED) is 0.823. The molecule has 1 N–H and O–H groups in total. The molecule has 0 aliphatic heterocycles. The third-order valence-electron chi connectivity index (χ3n) is 2.97. The number of amides is 2. The molecular weight excluding hydrogens is 233 g/mol. The van der Waals surface area contributed by atoms with E-state index in [0.717, 1.165) is 37.0 Å². The van der Waals surface area contributed by atoms with Crippen molar-refractivity contribution in [2.75, 3.05) is 13.1 Å². The third-order valence-corrected chi connectivity index (χ3v) is 2.97. The molecule has 1 rings (SSSR count). The molecule has 0 saturated heterocycles. The number of carbonyl (C=O) groups is 1. The van der Waals surface area contributed by atoms with Crippen molar-refractivity contribution in [2.24, 2.45) is 0 Å². The summed E-state index contributed by atoms with van der Waals surface area (Å²) >= 11 is 0. The van der Waals surface area contributed by atoms with E-state index < -0.39 is 18.8 Å². The van der Waals surface area contributed by atoms with E-state index in [4.69, 9.17) is 0 Å². The lowest BCUT2D eigenvalue weighted by atomic mass is 9.96. The fourth-order valence-corrected chi connectivity index (χ4v) is 2.06. The van der Waals surface area contributed by atoms with Crippen LogP contribution in [0.3, 0.4) is 0 Å². The minimum Gasteiger partial charge on any atom is -0.335 e. The van der Waals surface area contributed by atoms with Crippen molar-refractivity contribution < 1.29 is 18.0 Å². The topological polar surface area (TPSA) is 32.3 Å². The highest BCUT2D eigenvalue weighted by Gasteiger charge is 2.32. The van der Waals surface area contributed by atoms with Gasteiger partial charge in [0, 0.05) is 12.6 Å². The molecule has 2 amide bonds. The summed E-state index contributed by atoms with van der Waals surface area (Å²) in [6, 6.07) is -0.560. The standard InChI is InChI=1S/C11H19F3N2O/c1-2-16(8-11(12,13)14)10(17)15-9-6-4-3-5-7-9/h9H,2-8H2,1H3,(H,15,17). The van der Waals surface area contributed by atoms with Crippen LogP contribution in [0.2, 0.25) is 0 Å². The fraction of sp³-hybridized carbons (Fsp3) is 0.909. The van der Waals surface area contributed by atoms with E-state index in [9.17, 15) is 18.0 Å². The first kappa shape index (κ1) is 14.1. The van der Waals surface area contributed by atoms with Gasteiger partial charge in [0.05, 0.1) is 0 Å². The first-order valence-corrected chi connectivity index (χ1v) is 6.04. The van der Waals surface area contributed by atoms with Crippen molar-refractivity contribution >= 4 is 6.03 Å². The Morgan fingerprint density at radius 1 is 1.29 bits per heavy atom. The molecule has 1 saturated carbocycles. The van der Waals surface area contributed by atoms with Crippen LogP contribution in [0.15, 0.2) is 0 Å². The van der Waals surface area contributed by atoms with Crippen LogP contribution >= 0.6 is 0 Å². The third kappa shape index (κ3) is 5.28. The van der Waals surface area contributed by atoms with Crippen molar-refractivity contribution in [3.63, 3.8) is 0 Å². The Bertz CT molecular complexity index is 250. The predicted octanol–water partition coefficient (Wildman–Crippen LogP) is 2.91. The van der Waals surface area contributed by atoms with Gasteiger partial charge in [0.25, 0.3) is 0 Å². The average molecular weight is 252 g/mol. The molecule has 1 aliphatic rings. The van der Waals surface area contributed by atoms with Crippen LogP contribution in [-0.2, 0) is 0 Å². The van der Waals surface area contributed by atoms with Crippen LogP contribution in [0, 0.1) is 0 Å². The minimum atomic E-state index is -4.33. The molecule has 0 spiro atoms. The van der Waals surface area contributed by atoms with Gasteiger partial charge >= 0.3 is 12.2 Å². The van der Waals surface area contributed by atoms with E-state index >= 15 is 0 Å². The SMILES string of the molecule is CCN(CC(F)(F)F)C(=O)NC1CCCCC1. The number of nitrogens with zero attached hydrogens (tertiary/aromatic N) is 1. The van der Waals surface area contributed by atoms with Gasteiger partial charge in [-0.3, -0.25) is 0 Å². The van der Waals surface area contributed by atoms with Crippen molar-refractivity contribution in [2.45, 2.75) is 51.2 Å². The molecule has 0 aromatic carbocycles. The lowest BCUT2D eigenvalue weighted by Crippen LogP contribution is -2.48. The molecule has 0 aromatic rings. The summed E-state index contributed by atoms with van der Waals surface area (Å²) in [6.45, 7) is 0.437. The maximum atomic E-state index is 12.2. The van der Waals surface area contributed by atoms with Crippen LogP contribution in [0.5, 0.6) is 0 Å². The number of nitrogens with one attached hydrogen (secondary N) is 1. The second-order valence-corrected chi connectivity index (χ2v) is 4.41. The van der Waals surface area contributed by atoms with E-state index in [1.165, 1.54) is 0 Å². The van der Waals surface area contributed by atoms with Gasteiger partial charge in [0.15, 0.2) is 0 Å². The zero-order valence-electron chi connectivity index (χ0n) is 10.0. The highest BCUT2D eigenvalue weighted by atomic mass is 19.4. The lowest BCUT2D eigenvalue weighted by Gasteiger charge is -2.28. The molecule has 0 bridgehead atoms. The number of urea groups is 1. The number of rotatable bonds is 3. The summed E-state index contributed by atoms with van der Waals surface area (Å²) in [4.78, 5) is 12.4. The van der Waals surface area contributed by atoms with Gasteiger partial charge in [-0.2, -0.15) is 13.2 Å². The molecule has 0 atom stereocenters. The number of halogens is 3. The predicted molar refractivity (Wildman–Crippen MR) is 58.7 cm³/mol. The van der Waals surface area contributed by atoms with Crippen molar-refractivity contribution in [1.82, 2.24) is 10.2 Å². The Kier molecular flexibility index (Phi) is 5.08. The summed E-state index contributed by atoms with van der Waals surface area (Å²) in [5.74, 6) is 0. The maximum Gasteiger partial charge on any atom is 0.406 e. The van der Waals surface area contributed by atoms with Crippen LogP contribution < -0.4 is 5.32 Å². The monoisotopic (exact) mass is 252 g/mol. The molecule has 100 valence electrons. The summed E-state index contributed by atoms with van der Waals surface area (Å²) in [5, 5.41) is 2.68. The Balaban J connectivity index is 2.42. The summed E-state index contributed by atoms with van der Waals surface area (Å²) in [5.41, 5.74) is 0. The van der Waals surface area contributed by atoms with Crippen LogP contribution in [0.1, 0.15) is 39.0 Å². The number of hydrogen-bond acceptors (Lipinski definition) is 1. The van der Waals surface area contributed by atoms with Gasteiger partial charge < -0.3 is 10.2 Å². The summed E-state index contributed by atoms with van der Waals surface area (Å²) in [6.07, 6.45) is 0.629. The van der Waals surface area contributed by atoms with Crippen LogP contribution in [-0.4, -0.2) is 36.2 Å². The molecule has 0 unspecified atom stereocenters. The van der Waals surface area contributed by atoms with E-state index in [1.54, 1.807) is 6.92 Å². The highest BCUT2D eigenvalue weighted by molar-refractivity contribution is 5.74. The second-order valence-electron chi connectivity index (χ2n) is 4.41. The van der Waals surface area contributed by atoms with E-state index in [-0.39, 0.29) is 12.6 Å². The van der Waals surface area contributed by atoms with Crippen LogP contribution in [0.4, 0.5) is 18.0 Å². The highest BCUT2D eigenvalue weighted by Crippen LogP contribution is 2.19. The van der Waals surface area contributed by atoms with Gasteiger partial charge in [-0.15, -0.1) is 0 Å². The molecule has 1 fully saturated rings. The Hall–Kier alpha value is -0.940. The molecule has 1 aliphatic carbocycles. The fourth-order valence-electron chi connectivity index (χ4n) is 2.06. The first-order valence-electron chi connectivity index (χ1n) is 6.04. The molecule has 6 heteroatoms. The van der Waals surface area contributed by atoms with E-state index in [0.29, 0.717) is 0 Å². The summed E-state index contributed by atoms with van der Waals surface area (Å²) in [7, 11) is 0. The maximum absolute atomic E-state index is 12.2. The summed E-state index contributed by atoms with van der Waals surface area (Å²) < 4.78 is 36.6. The second kappa shape index (κ2) is 6.12. The first-order chi connectivity index (χ1) is 7.92. The van der Waals surface area contributed by atoms with Gasteiger partial charge in [0.1, 0.15) is 6.54 Å². The molecule has 0 aromatic heterocycles. The zero-order valence-corrected chi connectivity index (χ0v) is 10.0. The van der Waals surface area contributed by atoms with Gasteiger partial charge in [-0.05, 0) is 19.8 Å².